The van der Waals surface area contributed by atoms with Crippen LogP contribution >= 0.6 is 0 Å². The Labute approximate surface area is 52.6 Å². The fourth-order valence-corrected chi connectivity index (χ4v) is 0.942. The molecule has 0 unspecified atom stereocenters. The van der Waals surface area contributed by atoms with Gasteiger partial charge in [-0.1, -0.05) is 0 Å². The Bertz CT molecular complexity index is 84.0. The Morgan fingerprint density at radius 3 is 2.33 bits per heavy atom. The molecule has 0 amide bonds. The Kier molecular flexibility index (Phi) is 1.19. The predicted molar refractivity (Wildman–Crippen MR) is 26.5 cm³/mol. The van der Waals surface area contributed by atoms with Gasteiger partial charge in [-0.15, -0.1) is 0 Å². The maximum absolute atomic E-state index is 5.13. The molecule has 2 aliphatic heterocycles. The van der Waals surface area contributed by atoms with E-state index >= 15 is 0 Å². The quantitative estimate of drug-likeness (QED) is 0.453. The molecule has 2 rings (SSSR count). The molecule has 0 aromatic heterocycles. The van der Waals surface area contributed by atoms with Crippen molar-refractivity contribution in [1.29, 1.82) is 0 Å². The SMILES string of the molecule is C1COC2(COCO2)O1. The van der Waals surface area contributed by atoms with Crippen molar-refractivity contribution >= 4 is 0 Å². The number of ether oxygens (including phenoxy) is 4. The molecule has 1 spiro atoms. The van der Waals surface area contributed by atoms with Gasteiger partial charge in [-0.25, -0.2) is 0 Å². The first kappa shape index (κ1) is 5.61. The summed E-state index contributed by atoms with van der Waals surface area (Å²) in [5, 5.41) is 0. The summed E-state index contributed by atoms with van der Waals surface area (Å²) in [6.07, 6.45) is 0. The number of rotatable bonds is 0. The van der Waals surface area contributed by atoms with Gasteiger partial charge < -0.3 is 14.2 Å². The van der Waals surface area contributed by atoms with Crippen LogP contribution in [-0.2, 0) is 18.9 Å². The Balaban J connectivity index is 2.04. The second-order valence-corrected chi connectivity index (χ2v) is 1.99. The summed E-state index contributed by atoms with van der Waals surface area (Å²) < 4.78 is 20.2. The van der Waals surface area contributed by atoms with Gasteiger partial charge in [-0.3, -0.25) is 4.74 Å². The minimum atomic E-state index is -0.833. The summed E-state index contributed by atoms with van der Waals surface area (Å²) in [5.41, 5.74) is 0. The molecule has 9 heavy (non-hydrogen) atoms. The molecule has 0 radical (unpaired) electrons. The van der Waals surface area contributed by atoms with E-state index in [0.29, 0.717) is 19.8 Å². The van der Waals surface area contributed by atoms with Crippen LogP contribution in [0.2, 0.25) is 0 Å². The van der Waals surface area contributed by atoms with E-state index in [1.807, 2.05) is 0 Å². The summed E-state index contributed by atoms with van der Waals surface area (Å²) in [7, 11) is 0. The lowest BCUT2D eigenvalue weighted by molar-refractivity contribution is -0.299. The van der Waals surface area contributed by atoms with Crippen molar-refractivity contribution in [3.05, 3.63) is 0 Å². The standard InChI is InChI=1S/C5H8O4/c1-2-8-5(7-1)3-6-4-9-5/h1-4H2. The van der Waals surface area contributed by atoms with Crippen molar-refractivity contribution in [1.82, 2.24) is 0 Å². The van der Waals surface area contributed by atoms with Crippen LogP contribution in [-0.4, -0.2) is 32.6 Å². The highest BCUT2D eigenvalue weighted by Crippen LogP contribution is 2.25. The molecule has 0 aromatic carbocycles. The molecular weight excluding hydrogens is 124 g/mol. The van der Waals surface area contributed by atoms with Gasteiger partial charge in [0.2, 0.25) is 0 Å². The lowest BCUT2D eigenvalue weighted by Crippen LogP contribution is -2.32. The van der Waals surface area contributed by atoms with Crippen LogP contribution in [0.25, 0.3) is 0 Å². The maximum atomic E-state index is 5.13. The van der Waals surface area contributed by atoms with Crippen molar-refractivity contribution in [2.75, 3.05) is 26.6 Å². The maximum Gasteiger partial charge on any atom is 0.310 e. The van der Waals surface area contributed by atoms with Crippen molar-refractivity contribution in [3.8, 4) is 0 Å². The van der Waals surface area contributed by atoms with Crippen LogP contribution in [0.1, 0.15) is 0 Å². The second-order valence-electron chi connectivity index (χ2n) is 1.99. The highest BCUT2D eigenvalue weighted by Gasteiger charge is 2.42. The molecule has 4 heteroatoms. The molecule has 0 bridgehead atoms. The molecule has 0 N–H and O–H groups in total. The first-order valence-corrected chi connectivity index (χ1v) is 2.91. The van der Waals surface area contributed by atoms with Gasteiger partial charge in [0, 0.05) is 0 Å². The zero-order valence-corrected chi connectivity index (χ0v) is 4.96. The van der Waals surface area contributed by atoms with Crippen molar-refractivity contribution in [2.24, 2.45) is 0 Å². The van der Waals surface area contributed by atoms with E-state index < -0.39 is 5.97 Å². The molecule has 2 aliphatic rings. The third-order valence-electron chi connectivity index (χ3n) is 1.37. The molecular formula is C5H8O4. The zero-order valence-electron chi connectivity index (χ0n) is 4.96. The van der Waals surface area contributed by atoms with E-state index in [0.717, 1.165) is 0 Å². The van der Waals surface area contributed by atoms with Crippen LogP contribution < -0.4 is 0 Å². The van der Waals surface area contributed by atoms with Gasteiger partial charge in [0.05, 0.1) is 13.2 Å². The number of hydrogen-bond donors (Lipinski definition) is 0. The summed E-state index contributed by atoms with van der Waals surface area (Å²) in [5.74, 6) is -0.833. The zero-order chi connectivity index (χ0) is 6.16. The van der Waals surface area contributed by atoms with Crippen molar-refractivity contribution in [2.45, 2.75) is 5.97 Å². The van der Waals surface area contributed by atoms with Gasteiger partial charge in [0.25, 0.3) is 0 Å². The predicted octanol–water partition coefficient (Wildman–Crippen LogP) is -0.309. The summed E-state index contributed by atoms with van der Waals surface area (Å²) >= 11 is 0. The minimum absolute atomic E-state index is 0.278. The molecule has 2 fully saturated rings. The van der Waals surface area contributed by atoms with Gasteiger partial charge in [-0.05, 0) is 0 Å². The summed E-state index contributed by atoms with van der Waals surface area (Å²) in [4.78, 5) is 0. The molecule has 52 valence electrons. The monoisotopic (exact) mass is 132 g/mol. The molecule has 2 saturated heterocycles. The molecule has 2 heterocycles. The molecule has 4 nitrogen and oxygen atoms in total. The summed E-state index contributed by atoms with van der Waals surface area (Å²) in [6.45, 7) is 1.87. The van der Waals surface area contributed by atoms with Gasteiger partial charge >= 0.3 is 5.97 Å². The highest BCUT2D eigenvalue weighted by atomic mass is 16.9. The molecule has 0 atom stereocenters. The van der Waals surface area contributed by atoms with Crippen LogP contribution in [0.15, 0.2) is 0 Å². The van der Waals surface area contributed by atoms with Gasteiger partial charge in [0.15, 0.2) is 6.79 Å². The van der Waals surface area contributed by atoms with E-state index in [4.69, 9.17) is 18.9 Å². The average molecular weight is 132 g/mol. The normalized spacial score (nSPS) is 32.0. The fraction of sp³-hybridized carbons (Fsp3) is 1.00. The topological polar surface area (TPSA) is 36.9 Å². The van der Waals surface area contributed by atoms with E-state index in [1.165, 1.54) is 0 Å². The van der Waals surface area contributed by atoms with E-state index in [1.54, 1.807) is 0 Å². The molecule has 0 aromatic rings. The smallest absolute Gasteiger partial charge is 0.310 e. The van der Waals surface area contributed by atoms with Crippen molar-refractivity contribution < 1.29 is 18.9 Å². The van der Waals surface area contributed by atoms with Crippen molar-refractivity contribution in [3.63, 3.8) is 0 Å². The van der Waals surface area contributed by atoms with Gasteiger partial charge in [0.1, 0.15) is 6.61 Å². The first-order chi connectivity index (χ1) is 4.41. The lowest BCUT2D eigenvalue weighted by Gasteiger charge is -2.16. The third kappa shape index (κ3) is 0.840. The lowest BCUT2D eigenvalue weighted by atomic mass is 10.6. The van der Waals surface area contributed by atoms with E-state index in [-0.39, 0.29) is 6.79 Å². The Hall–Kier alpha value is -0.160. The minimum Gasteiger partial charge on any atom is -0.347 e. The first-order valence-electron chi connectivity index (χ1n) is 2.91. The average Bonchev–Trinajstić information content (AvgIpc) is 2.45. The van der Waals surface area contributed by atoms with Gasteiger partial charge in [-0.2, -0.15) is 0 Å². The van der Waals surface area contributed by atoms with Crippen LogP contribution in [0.4, 0.5) is 0 Å². The van der Waals surface area contributed by atoms with E-state index in [9.17, 15) is 0 Å². The largest absolute Gasteiger partial charge is 0.347 e. The van der Waals surface area contributed by atoms with Crippen LogP contribution in [0.3, 0.4) is 0 Å². The van der Waals surface area contributed by atoms with E-state index in [2.05, 4.69) is 0 Å². The molecule has 0 saturated carbocycles. The fourth-order valence-electron chi connectivity index (χ4n) is 0.942. The second kappa shape index (κ2) is 1.91. The van der Waals surface area contributed by atoms with Crippen LogP contribution in [0, 0.1) is 0 Å². The molecule has 0 aliphatic carbocycles. The number of hydrogen-bond acceptors (Lipinski definition) is 4. The highest BCUT2D eigenvalue weighted by molar-refractivity contribution is 4.64. The Morgan fingerprint density at radius 2 is 1.78 bits per heavy atom. The van der Waals surface area contributed by atoms with Crippen LogP contribution in [0.5, 0.6) is 0 Å². The third-order valence-corrected chi connectivity index (χ3v) is 1.37. The Morgan fingerprint density at radius 1 is 1.00 bits per heavy atom. The summed E-state index contributed by atoms with van der Waals surface area (Å²) in [6, 6.07) is 0.